The second-order valence-corrected chi connectivity index (χ2v) is 4.92. The zero-order valence-corrected chi connectivity index (χ0v) is 11.7. The highest BCUT2D eigenvalue weighted by atomic mass is 19.4. The van der Waals surface area contributed by atoms with Crippen LogP contribution >= 0.6 is 0 Å². The van der Waals surface area contributed by atoms with Crippen molar-refractivity contribution in [1.29, 1.82) is 0 Å². The molecule has 0 aliphatic heterocycles. The van der Waals surface area contributed by atoms with Crippen LogP contribution in [0.4, 0.5) is 18.0 Å². The van der Waals surface area contributed by atoms with Gasteiger partial charge in [-0.3, -0.25) is 0 Å². The molecule has 0 saturated heterocycles. The van der Waals surface area contributed by atoms with Crippen molar-refractivity contribution in [3.05, 3.63) is 11.8 Å². The van der Waals surface area contributed by atoms with E-state index in [1.807, 2.05) is 0 Å². The zero-order chi connectivity index (χ0) is 15.0. The topological polar surface area (TPSA) is 35.5 Å². The van der Waals surface area contributed by atoms with E-state index in [9.17, 15) is 18.0 Å². The largest absolute Gasteiger partial charge is 0.513 e. The molecule has 0 aromatic rings. The van der Waals surface area contributed by atoms with Crippen molar-refractivity contribution < 1.29 is 27.4 Å². The minimum atomic E-state index is -4.67. The number of hydrogen-bond donors (Lipinski definition) is 0. The summed E-state index contributed by atoms with van der Waals surface area (Å²) in [5.41, 5.74) is 0. The maximum absolute atomic E-state index is 12.9. The van der Waals surface area contributed by atoms with Gasteiger partial charge in [0.25, 0.3) is 0 Å². The third-order valence-electron chi connectivity index (χ3n) is 3.27. The first-order valence-electron chi connectivity index (χ1n) is 7.07. The monoisotopic (exact) mass is 294 g/mol. The third kappa shape index (κ3) is 6.30. The summed E-state index contributed by atoms with van der Waals surface area (Å²) in [6.45, 7) is 1.49. The molecule has 0 radical (unpaired) electrons. The van der Waals surface area contributed by atoms with Gasteiger partial charge < -0.3 is 9.47 Å². The SMILES string of the molecule is CCOC(=O)O/C(=C/C1CCCCCCC1)C(F)(F)F. The fourth-order valence-electron chi connectivity index (χ4n) is 2.29. The maximum Gasteiger partial charge on any atom is 0.513 e. The fourth-order valence-corrected chi connectivity index (χ4v) is 2.29. The van der Waals surface area contributed by atoms with E-state index in [-0.39, 0.29) is 12.5 Å². The molecule has 1 fully saturated rings. The molecule has 0 N–H and O–H groups in total. The first kappa shape index (κ1) is 16.9. The highest BCUT2D eigenvalue weighted by Gasteiger charge is 2.38. The quantitative estimate of drug-likeness (QED) is 0.545. The van der Waals surface area contributed by atoms with Crippen molar-refractivity contribution in [2.75, 3.05) is 6.61 Å². The molecule has 1 aliphatic rings. The summed E-state index contributed by atoms with van der Waals surface area (Å²) in [7, 11) is 0. The van der Waals surface area contributed by atoms with E-state index in [4.69, 9.17) is 0 Å². The number of carbonyl (C=O) groups excluding carboxylic acids is 1. The summed E-state index contributed by atoms with van der Waals surface area (Å²) in [6.07, 6.45) is 1.52. The summed E-state index contributed by atoms with van der Waals surface area (Å²) in [5.74, 6) is -1.44. The van der Waals surface area contributed by atoms with Gasteiger partial charge in [-0.2, -0.15) is 13.2 Å². The van der Waals surface area contributed by atoms with Gasteiger partial charge in [0.1, 0.15) is 0 Å². The average Bonchev–Trinajstić information content (AvgIpc) is 2.30. The number of halogens is 3. The number of allylic oxidation sites excluding steroid dienone is 2. The normalized spacial score (nSPS) is 19.1. The van der Waals surface area contributed by atoms with Crippen LogP contribution in [0.1, 0.15) is 51.9 Å². The van der Waals surface area contributed by atoms with Crippen LogP contribution in [-0.2, 0) is 9.47 Å². The van der Waals surface area contributed by atoms with Gasteiger partial charge in [0.05, 0.1) is 6.61 Å². The predicted molar refractivity (Wildman–Crippen MR) is 68.1 cm³/mol. The molecule has 0 heterocycles. The standard InChI is InChI=1S/C14H21F3O3/c1-2-19-13(18)20-12(14(15,16)17)10-11-8-6-4-3-5-7-9-11/h10-11H,2-9H2,1H3/b12-10+. The Morgan fingerprint density at radius 1 is 1.15 bits per heavy atom. The van der Waals surface area contributed by atoms with E-state index in [0.717, 1.165) is 38.2 Å². The lowest BCUT2D eigenvalue weighted by Crippen LogP contribution is -2.20. The van der Waals surface area contributed by atoms with Crippen molar-refractivity contribution in [3.63, 3.8) is 0 Å². The van der Waals surface area contributed by atoms with E-state index >= 15 is 0 Å². The molecule has 0 aromatic heterocycles. The number of ether oxygens (including phenoxy) is 2. The molecule has 0 bridgehead atoms. The summed E-state index contributed by atoms with van der Waals surface area (Å²) in [4.78, 5) is 11.1. The Kier molecular flexibility index (Phi) is 6.88. The van der Waals surface area contributed by atoms with Gasteiger partial charge in [-0.15, -0.1) is 0 Å². The van der Waals surface area contributed by atoms with E-state index in [0.29, 0.717) is 12.8 Å². The summed E-state index contributed by atoms with van der Waals surface area (Å²) in [6, 6.07) is 0. The lowest BCUT2D eigenvalue weighted by molar-refractivity contribution is -0.126. The molecule has 0 amide bonds. The van der Waals surface area contributed by atoms with E-state index in [1.54, 1.807) is 0 Å². The van der Waals surface area contributed by atoms with Crippen LogP contribution in [-0.4, -0.2) is 18.9 Å². The van der Waals surface area contributed by atoms with Crippen LogP contribution < -0.4 is 0 Å². The van der Waals surface area contributed by atoms with E-state index < -0.39 is 18.1 Å². The van der Waals surface area contributed by atoms with E-state index in [1.165, 1.54) is 6.92 Å². The van der Waals surface area contributed by atoms with Gasteiger partial charge in [-0.25, -0.2) is 4.79 Å². The minimum absolute atomic E-state index is 0.0204. The van der Waals surface area contributed by atoms with Crippen molar-refractivity contribution in [1.82, 2.24) is 0 Å². The Balaban J connectivity index is 2.74. The number of hydrogen-bond acceptors (Lipinski definition) is 3. The van der Waals surface area contributed by atoms with Crippen LogP contribution in [0.25, 0.3) is 0 Å². The van der Waals surface area contributed by atoms with Crippen LogP contribution in [0.15, 0.2) is 11.8 Å². The van der Waals surface area contributed by atoms with Gasteiger partial charge in [-0.1, -0.05) is 32.1 Å². The average molecular weight is 294 g/mol. The predicted octanol–water partition coefficient (Wildman–Crippen LogP) is 4.97. The molecule has 6 heteroatoms. The second kappa shape index (κ2) is 8.17. The molecule has 20 heavy (non-hydrogen) atoms. The molecule has 1 saturated carbocycles. The molecule has 1 aliphatic carbocycles. The third-order valence-corrected chi connectivity index (χ3v) is 3.27. The van der Waals surface area contributed by atoms with Gasteiger partial charge in [0.2, 0.25) is 5.76 Å². The van der Waals surface area contributed by atoms with Gasteiger partial charge >= 0.3 is 12.3 Å². The van der Waals surface area contributed by atoms with Crippen LogP contribution in [0.3, 0.4) is 0 Å². The highest BCUT2D eigenvalue weighted by Crippen LogP contribution is 2.31. The zero-order valence-electron chi connectivity index (χ0n) is 11.7. The van der Waals surface area contributed by atoms with Crippen LogP contribution in [0.5, 0.6) is 0 Å². The number of carbonyl (C=O) groups is 1. The van der Waals surface area contributed by atoms with Crippen LogP contribution in [0, 0.1) is 5.92 Å². The maximum atomic E-state index is 12.9. The van der Waals surface area contributed by atoms with Crippen molar-refractivity contribution in [2.45, 2.75) is 58.0 Å². The van der Waals surface area contributed by atoms with Crippen molar-refractivity contribution in [2.24, 2.45) is 5.92 Å². The van der Waals surface area contributed by atoms with Gasteiger partial charge in [0, 0.05) is 0 Å². The van der Waals surface area contributed by atoms with Gasteiger partial charge in [0.15, 0.2) is 0 Å². The smallest absolute Gasteiger partial charge is 0.434 e. The lowest BCUT2D eigenvalue weighted by Gasteiger charge is -2.19. The molecule has 1 rings (SSSR count). The molecule has 0 spiro atoms. The Morgan fingerprint density at radius 3 is 2.20 bits per heavy atom. The summed E-state index contributed by atoms with van der Waals surface area (Å²) < 4.78 is 47.3. The molecular weight excluding hydrogens is 273 g/mol. The molecule has 3 nitrogen and oxygen atoms in total. The van der Waals surface area contributed by atoms with Crippen molar-refractivity contribution >= 4 is 6.16 Å². The molecular formula is C14H21F3O3. The Labute approximate surface area is 117 Å². The highest BCUT2D eigenvalue weighted by molar-refractivity contribution is 5.61. The van der Waals surface area contributed by atoms with Gasteiger partial charge in [-0.05, 0) is 31.8 Å². The molecule has 0 atom stereocenters. The Bertz CT molecular complexity index is 329. The summed E-state index contributed by atoms with van der Waals surface area (Å²) in [5, 5.41) is 0. The Hall–Kier alpha value is -1.20. The number of rotatable bonds is 3. The van der Waals surface area contributed by atoms with Crippen molar-refractivity contribution in [3.8, 4) is 0 Å². The molecule has 116 valence electrons. The van der Waals surface area contributed by atoms with E-state index in [2.05, 4.69) is 9.47 Å². The Morgan fingerprint density at radius 2 is 1.70 bits per heavy atom. The minimum Gasteiger partial charge on any atom is -0.434 e. The first-order chi connectivity index (χ1) is 9.43. The second-order valence-electron chi connectivity index (χ2n) is 4.92. The first-order valence-corrected chi connectivity index (χ1v) is 7.07. The molecule has 0 aromatic carbocycles. The number of alkyl halides is 3. The molecule has 0 unspecified atom stereocenters. The van der Waals surface area contributed by atoms with Crippen LogP contribution in [0.2, 0.25) is 0 Å². The lowest BCUT2D eigenvalue weighted by atomic mass is 9.90. The summed E-state index contributed by atoms with van der Waals surface area (Å²) >= 11 is 0. The fraction of sp³-hybridized carbons (Fsp3) is 0.786.